The third kappa shape index (κ3) is 3.22. The van der Waals surface area contributed by atoms with Crippen molar-refractivity contribution in [2.24, 2.45) is 0 Å². The Balaban J connectivity index is 3.07. The Morgan fingerprint density at radius 3 is 2.61 bits per heavy atom. The predicted octanol–water partition coefficient (Wildman–Crippen LogP) is 3.13. The van der Waals surface area contributed by atoms with Gasteiger partial charge in [0.25, 0.3) is 5.91 Å². The van der Waals surface area contributed by atoms with Gasteiger partial charge in [0.1, 0.15) is 5.82 Å². The molecule has 0 saturated carbocycles. The van der Waals surface area contributed by atoms with E-state index in [4.69, 9.17) is 0 Å². The summed E-state index contributed by atoms with van der Waals surface area (Å²) < 4.78 is 13.7. The quantitative estimate of drug-likeness (QED) is 0.843. The number of carbonyl (C=O) groups is 1. The first-order chi connectivity index (χ1) is 8.65. The van der Waals surface area contributed by atoms with Crippen LogP contribution in [0.4, 0.5) is 10.1 Å². The summed E-state index contributed by atoms with van der Waals surface area (Å²) in [6.45, 7) is 7.74. The highest BCUT2D eigenvalue weighted by Crippen LogP contribution is 2.21. The molecule has 100 valence electrons. The highest BCUT2D eigenvalue weighted by Gasteiger charge is 2.18. The number of amides is 1. The Hall–Kier alpha value is -1.58. The first-order valence-corrected chi connectivity index (χ1v) is 6.47. The van der Waals surface area contributed by atoms with Gasteiger partial charge in [0.05, 0.1) is 11.3 Å². The molecule has 0 radical (unpaired) electrons. The van der Waals surface area contributed by atoms with Gasteiger partial charge in [0.15, 0.2) is 0 Å². The SMILES string of the molecule is CCCN(CC)C(=O)c1cccc(F)c1NCC. The molecule has 0 unspecified atom stereocenters. The van der Waals surface area contributed by atoms with Crippen LogP contribution in [0.3, 0.4) is 0 Å². The van der Waals surface area contributed by atoms with Gasteiger partial charge < -0.3 is 10.2 Å². The molecule has 0 atom stereocenters. The van der Waals surface area contributed by atoms with E-state index >= 15 is 0 Å². The molecule has 0 aromatic heterocycles. The van der Waals surface area contributed by atoms with Crippen LogP contribution in [-0.4, -0.2) is 30.4 Å². The number of rotatable bonds is 6. The number of hydrogen-bond donors (Lipinski definition) is 1. The molecule has 4 heteroatoms. The van der Waals surface area contributed by atoms with E-state index in [-0.39, 0.29) is 11.7 Å². The van der Waals surface area contributed by atoms with E-state index in [1.54, 1.807) is 17.0 Å². The van der Waals surface area contributed by atoms with Gasteiger partial charge in [-0.25, -0.2) is 4.39 Å². The van der Waals surface area contributed by atoms with Crippen molar-refractivity contribution in [2.45, 2.75) is 27.2 Å². The van der Waals surface area contributed by atoms with E-state index in [1.807, 2.05) is 20.8 Å². The van der Waals surface area contributed by atoms with Crippen LogP contribution in [0.1, 0.15) is 37.6 Å². The van der Waals surface area contributed by atoms with Gasteiger partial charge >= 0.3 is 0 Å². The van der Waals surface area contributed by atoms with Crippen molar-refractivity contribution in [2.75, 3.05) is 25.0 Å². The maximum absolute atomic E-state index is 13.7. The Labute approximate surface area is 108 Å². The summed E-state index contributed by atoms with van der Waals surface area (Å²) in [6.07, 6.45) is 0.894. The lowest BCUT2D eigenvalue weighted by molar-refractivity contribution is 0.0765. The smallest absolute Gasteiger partial charge is 0.256 e. The van der Waals surface area contributed by atoms with Crippen molar-refractivity contribution >= 4 is 11.6 Å². The lowest BCUT2D eigenvalue weighted by Gasteiger charge is -2.22. The minimum atomic E-state index is -0.379. The number of benzene rings is 1. The number of nitrogens with zero attached hydrogens (tertiary/aromatic N) is 1. The zero-order chi connectivity index (χ0) is 13.5. The van der Waals surface area contributed by atoms with Crippen molar-refractivity contribution < 1.29 is 9.18 Å². The van der Waals surface area contributed by atoms with E-state index in [9.17, 15) is 9.18 Å². The summed E-state index contributed by atoms with van der Waals surface area (Å²) in [7, 11) is 0. The van der Waals surface area contributed by atoms with Gasteiger partial charge in [0, 0.05) is 19.6 Å². The van der Waals surface area contributed by atoms with Crippen molar-refractivity contribution in [1.29, 1.82) is 0 Å². The molecule has 1 N–H and O–H groups in total. The second-order valence-electron chi connectivity index (χ2n) is 4.08. The first kappa shape index (κ1) is 14.5. The number of nitrogens with one attached hydrogen (secondary N) is 1. The summed E-state index contributed by atoms with van der Waals surface area (Å²) in [6, 6.07) is 4.61. The summed E-state index contributed by atoms with van der Waals surface area (Å²) in [5.74, 6) is -0.495. The van der Waals surface area contributed by atoms with E-state index in [1.165, 1.54) is 6.07 Å². The van der Waals surface area contributed by atoms with Gasteiger partial charge in [-0.05, 0) is 32.4 Å². The maximum Gasteiger partial charge on any atom is 0.256 e. The average molecular weight is 252 g/mol. The Kier molecular flexibility index (Phi) is 5.62. The van der Waals surface area contributed by atoms with Gasteiger partial charge in [-0.1, -0.05) is 13.0 Å². The monoisotopic (exact) mass is 252 g/mol. The largest absolute Gasteiger partial charge is 0.382 e. The number of anilines is 1. The molecule has 3 nitrogen and oxygen atoms in total. The first-order valence-electron chi connectivity index (χ1n) is 6.47. The van der Waals surface area contributed by atoms with Crippen molar-refractivity contribution in [3.8, 4) is 0 Å². The van der Waals surface area contributed by atoms with Gasteiger partial charge in [-0.3, -0.25) is 4.79 Å². The highest BCUT2D eigenvalue weighted by atomic mass is 19.1. The molecular weight excluding hydrogens is 231 g/mol. The van der Waals surface area contributed by atoms with Crippen LogP contribution in [-0.2, 0) is 0 Å². The second kappa shape index (κ2) is 6.99. The number of carbonyl (C=O) groups excluding carboxylic acids is 1. The molecule has 1 aromatic rings. The van der Waals surface area contributed by atoms with Crippen LogP contribution in [0.15, 0.2) is 18.2 Å². The lowest BCUT2D eigenvalue weighted by atomic mass is 10.1. The topological polar surface area (TPSA) is 32.3 Å². The Morgan fingerprint density at radius 2 is 2.06 bits per heavy atom. The number of para-hydroxylation sites is 1. The van der Waals surface area contributed by atoms with Crippen molar-refractivity contribution in [3.63, 3.8) is 0 Å². The van der Waals surface area contributed by atoms with E-state index in [2.05, 4.69) is 5.32 Å². The molecule has 0 aliphatic rings. The number of hydrogen-bond acceptors (Lipinski definition) is 2. The average Bonchev–Trinajstić information content (AvgIpc) is 2.37. The van der Waals surface area contributed by atoms with Crippen LogP contribution >= 0.6 is 0 Å². The molecule has 0 aliphatic carbocycles. The summed E-state index contributed by atoms with van der Waals surface area (Å²) in [4.78, 5) is 14.1. The van der Waals surface area contributed by atoms with Crippen molar-refractivity contribution in [3.05, 3.63) is 29.6 Å². The molecule has 1 amide bonds. The molecule has 0 spiro atoms. The second-order valence-corrected chi connectivity index (χ2v) is 4.08. The molecular formula is C14H21FN2O. The normalized spacial score (nSPS) is 10.2. The fraction of sp³-hybridized carbons (Fsp3) is 0.500. The molecule has 0 bridgehead atoms. The number of halogens is 1. The molecule has 0 fully saturated rings. The van der Waals surface area contributed by atoms with Gasteiger partial charge in [0.2, 0.25) is 0 Å². The molecule has 18 heavy (non-hydrogen) atoms. The third-order valence-electron chi connectivity index (χ3n) is 2.76. The minimum Gasteiger partial charge on any atom is -0.382 e. The Morgan fingerprint density at radius 1 is 1.33 bits per heavy atom. The third-order valence-corrected chi connectivity index (χ3v) is 2.76. The fourth-order valence-corrected chi connectivity index (χ4v) is 1.90. The zero-order valence-corrected chi connectivity index (χ0v) is 11.3. The van der Waals surface area contributed by atoms with E-state index in [0.717, 1.165) is 6.42 Å². The van der Waals surface area contributed by atoms with E-state index in [0.29, 0.717) is 30.9 Å². The van der Waals surface area contributed by atoms with Crippen LogP contribution in [0.25, 0.3) is 0 Å². The van der Waals surface area contributed by atoms with Crippen molar-refractivity contribution in [1.82, 2.24) is 4.90 Å². The predicted molar refractivity (Wildman–Crippen MR) is 72.4 cm³/mol. The van der Waals surface area contributed by atoms with E-state index < -0.39 is 0 Å². The standard InChI is InChI=1S/C14H21FN2O/c1-4-10-17(6-3)14(18)11-8-7-9-12(15)13(11)16-5-2/h7-9,16H,4-6,10H2,1-3H3. The molecule has 1 rings (SSSR count). The summed E-state index contributed by atoms with van der Waals surface area (Å²) in [5, 5.41) is 2.92. The molecule has 0 saturated heterocycles. The zero-order valence-electron chi connectivity index (χ0n) is 11.3. The fourth-order valence-electron chi connectivity index (χ4n) is 1.90. The van der Waals surface area contributed by atoms with Gasteiger partial charge in [-0.15, -0.1) is 0 Å². The summed E-state index contributed by atoms with van der Waals surface area (Å²) >= 11 is 0. The van der Waals surface area contributed by atoms with Crippen LogP contribution in [0.2, 0.25) is 0 Å². The van der Waals surface area contributed by atoms with Crippen LogP contribution in [0, 0.1) is 5.82 Å². The van der Waals surface area contributed by atoms with Crippen LogP contribution in [0.5, 0.6) is 0 Å². The van der Waals surface area contributed by atoms with Crippen LogP contribution < -0.4 is 5.32 Å². The molecule has 0 aliphatic heterocycles. The minimum absolute atomic E-state index is 0.116. The maximum atomic E-state index is 13.7. The van der Waals surface area contributed by atoms with Gasteiger partial charge in [-0.2, -0.15) is 0 Å². The molecule has 1 aromatic carbocycles. The lowest BCUT2D eigenvalue weighted by Crippen LogP contribution is -2.32. The highest BCUT2D eigenvalue weighted by molar-refractivity contribution is 5.99. The molecule has 0 heterocycles. The summed E-state index contributed by atoms with van der Waals surface area (Å²) in [5.41, 5.74) is 0.715. The Bertz CT molecular complexity index is 407.